The minimum absolute atomic E-state index is 0.0744. The molecule has 0 fully saturated rings. The van der Waals surface area contributed by atoms with E-state index >= 15 is 0 Å². The van der Waals surface area contributed by atoms with Crippen LogP contribution in [0.2, 0.25) is 0 Å². The Balaban J connectivity index is 4.17. The van der Waals surface area contributed by atoms with Crippen molar-refractivity contribution >= 4 is 11.9 Å². The van der Waals surface area contributed by atoms with Crippen molar-refractivity contribution in [3.63, 3.8) is 0 Å². The van der Waals surface area contributed by atoms with Gasteiger partial charge in [-0.25, -0.2) is 0 Å². The third-order valence-corrected chi connectivity index (χ3v) is 7.21. The maximum Gasteiger partial charge on any atom is 0.306 e. The number of allylic oxidation sites excluding steroid dienone is 9. The average Bonchev–Trinajstić information content (AvgIpc) is 2.97. The number of unbranched alkanes of at least 4 members (excludes halogenated alkanes) is 13. The highest BCUT2D eigenvalue weighted by atomic mass is 16.5. The summed E-state index contributed by atoms with van der Waals surface area (Å²) in [5.41, 5.74) is 0. The summed E-state index contributed by atoms with van der Waals surface area (Å²) < 4.78 is 5.87. The molecule has 0 radical (unpaired) electrons. The van der Waals surface area contributed by atoms with Crippen molar-refractivity contribution in [2.24, 2.45) is 0 Å². The van der Waals surface area contributed by atoms with Gasteiger partial charge in [-0.15, -0.1) is 0 Å². The van der Waals surface area contributed by atoms with E-state index in [4.69, 9.17) is 9.84 Å². The van der Waals surface area contributed by atoms with Crippen LogP contribution in [-0.4, -0.2) is 23.1 Å². The normalized spacial score (nSPS) is 13.0. The fraction of sp³-hybridized carbons (Fsp3) is 0.684. The highest BCUT2D eigenvalue weighted by Crippen LogP contribution is 2.15. The van der Waals surface area contributed by atoms with E-state index in [9.17, 15) is 9.59 Å². The van der Waals surface area contributed by atoms with Gasteiger partial charge < -0.3 is 9.84 Å². The molecular weight excluding hydrogens is 520 g/mol. The number of hydrogen-bond acceptors (Lipinski definition) is 3. The fourth-order valence-corrected chi connectivity index (χ4v) is 4.67. The van der Waals surface area contributed by atoms with Crippen LogP contribution in [0, 0.1) is 0 Å². The van der Waals surface area contributed by atoms with Crippen LogP contribution in [-0.2, 0) is 14.3 Å². The molecule has 240 valence electrons. The minimum Gasteiger partial charge on any atom is -0.481 e. The van der Waals surface area contributed by atoms with Gasteiger partial charge in [0.15, 0.2) is 0 Å². The summed E-state index contributed by atoms with van der Waals surface area (Å²) in [5, 5.41) is 8.75. The molecule has 0 aliphatic heterocycles. The summed E-state index contributed by atoms with van der Waals surface area (Å²) in [6.45, 7) is 4.38. The fourth-order valence-electron chi connectivity index (χ4n) is 4.67. The summed E-state index contributed by atoms with van der Waals surface area (Å²) in [4.78, 5) is 23.2. The second-order valence-corrected chi connectivity index (χ2v) is 11.3. The maximum absolute atomic E-state index is 12.5. The van der Waals surface area contributed by atoms with E-state index < -0.39 is 5.97 Å². The van der Waals surface area contributed by atoms with Crippen molar-refractivity contribution < 1.29 is 19.4 Å². The van der Waals surface area contributed by atoms with Gasteiger partial charge in [-0.05, 0) is 83.1 Å². The molecule has 0 bridgehead atoms. The highest BCUT2D eigenvalue weighted by Gasteiger charge is 2.11. The Kier molecular flexibility index (Phi) is 31.3. The van der Waals surface area contributed by atoms with Crippen LogP contribution in [0.25, 0.3) is 0 Å². The third-order valence-electron chi connectivity index (χ3n) is 7.21. The zero-order valence-electron chi connectivity index (χ0n) is 27.3. The van der Waals surface area contributed by atoms with E-state index in [0.717, 1.165) is 96.3 Å². The first-order chi connectivity index (χ1) is 20.6. The van der Waals surface area contributed by atoms with E-state index in [-0.39, 0.29) is 18.5 Å². The van der Waals surface area contributed by atoms with Crippen LogP contribution < -0.4 is 0 Å². The first-order valence-corrected chi connectivity index (χ1v) is 17.3. The zero-order chi connectivity index (χ0) is 30.8. The van der Waals surface area contributed by atoms with Crippen LogP contribution in [0.4, 0.5) is 0 Å². The van der Waals surface area contributed by atoms with Gasteiger partial charge in [-0.2, -0.15) is 0 Å². The van der Waals surface area contributed by atoms with Gasteiger partial charge in [0.2, 0.25) is 0 Å². The number of carbonyl (C=O) groups is 2. The van der Waals surface area contributed by atoms with Crippen molar-refractivity contribution in [3.05, 3.63) is 60.8 Å². The molecule has 0 spiro atoms. The number of hydrogen-bond donors (Lipinski definition) is 1. The van der Waals surface area contributed by atoms with Crippen LogP contribution in [0.1, 0.15) is 162 Å². The Morgan fingerprint density at radius 2 is 1.07 bits per heavy atom. The lowest BCUT2D eigenvalue weighted by Gasteiger charge is -2.14. The van der Waals surface area contributed by atoms with E-state index in [1.54, 1.807) is 0 Å². The molecular formula is C38H64O4. The highest BCUT2D eigenvalue weighted by molar-refractivity contribution is 5.69. The monoisotopic (exact) mass is 584 g/mol. The molecule has 0 amide bonds. The standard InChI is InChI=1S/C38H64O4/c1-3-5-7-9-11-13-14-15-16-17-18-19-21-27-31-35-38(41)42-36(32-28-24-20-12-10-8-6-4-2)33-29-25-22-23-26-30-34-37(39)40/h5,7,11-13,15-16,20,28,32,36H,3-4,6,8-10,14,17-19,21-27,29-31,33-35H2,1-2H3,(H,39,40)/b7-5-,13-11-,16-15-,20-12-,32-28-. The van der Waals surface area contributed by atoms with Crippen molar-refractivity contribution in [1.29, 1.82) is 0 Å². The Hall–Kier alpha value is -2.36. The molecule has 0 aliphatic rings. The van der Waals surface area contributed by atoms with Crippen LogP contribution in [0.3, 0.4) is 0 Å². The molecule has 0 aromatic heterocycles. The van der Waals surface area contributed by atoms with Gasteiger partial charge in [0, 0.05) is 12.8 Å². The molecule has 4 nitrogen and oxygen atoms in total. The maximum atomic E-state index is 12.5. The smallest absolute Gasteiger partial charge is 0.306 e. The Bertz CT molecular complexity index is 759. The summed E-state index contributed by atoms with van der Waals surface area (Å²) in [6, 6.07) is 0. The van der Waals surface area contributed by atoms with Gasteiger partial charge in [0.05, 0.1) is 0 Å². The Morgan fingerprint density at radius 1 is 0.571 bits per heavy atom. The van der Waals surface area contributed by atoms with Crippen LogP contribution >= 0.6 is 0 Å². The quantitative estimate of drug-likeness (QED) is 0.0518. The lowest BCUT2D eigenvalue weighted by atomic mass is 10.1. The average molecular weight is 585 g/mol. The molecule has 0 heterocycles. The zero-order valence-corrected chi connectivity index (χ0v) is 27.3. The van der Waals surface area contributed by atoms with Crippen molar-refractivity contribution in [1.82, 2.24) is 0 Å². The Labute approximate surface area is 259 Å². The first-order valence-electron chi connectivity index (χ1n) is 17.3. The topological polar surface area (TPSA) is 63.6 Å². The first kappa shape index (κ1) is 39.6. The van der Waals surface area contributed by atoms with Crippen LogP contribution in [0.5, 0.6) is 0 Å². The summed E-state index contributed by atoms with van der Waals surface area (Å²) in [6.07, 6.45) is 45.3. The van der Waals surface area contributed by atoms with Gasteiger partial charge in [0.25, 0.3) is 0 Å². The molecule has 42 heavy (non-hydrogen) atoms. The van der Waals surface area contributed by atoms with Gasteiger partial charge >= 0.3 is 11.9 Å². The number of aliphatic carboxylic acids is 1. The molecule has 0 aromatic carbocycles. The summed E-state index contributed by atoms with van der Waals surface area (Å²) in [5.74, 6) is -0.782. The number of carboxylic acid groups (broad SMARTS) is 1. The molecule has 1 unspecified atom stereocenters. The second-order valence-electron chi connectivity index (χ2n) is 11.3. The van der Waals surface area contributed by atoms with Gasteiger partial charge in [-0.1, -0.05) is 126 Å². The SMILES string of the molecule is CC/C=C\C/C=C\C/C=C\CCCCCCCC(=O)OC(/C=C\C/C=C\CCCCC)CCCCCCCCC(=O)O. The summed E-state index contributed by atoms with van der Waals surface area (Å²) >= 11 is 0. The number of esters is 1. The third kappa shape index (κ3) is 32.2. The lowest BCUT2D eigenvalue weighted by molar-refractivity contribution is -0.147. The van der Waals surface area contributed by atoms with Crippen molar-refractivity contribution in [3.8, 4) is 0 Å². The second kappa shape index (κ2) is 33.1. The summed E-state index contributed by atoms with van der Waals surface area (Å²) in [7, 11) is 0. The molecule has 1 N–H and O–H groups in total. The lowest BCUT2D eigenvalue weighted by Crippen LogP contribution is -2.16. The van der Waals surface area contributed by atoms with Gasteiger partial charge in [-0.3, -0.25) is 9.59 Å². The minimum atomic E-state index is -0.708. The number of carboxylic acids is 1. The number of rotatable bonds is 30. The largest absolute Gasteiger partial charge is 0.481 e. The number of ether oxygens (including phenoxy) is 1. The molecule has 0 saturated heterocycles. The molecule has 0 aliphatic carbocycles. The van der Waals surface area contributed by atoms with E-state index in [1.807, 2.05) is 0 Å². The molecule has 1 atom stereocenters. The van der Waals surface area contributed by atoms with E-state index in [0.29, 0.717) is 6.42 Å². The predicted octanol–water partition coefficient (Wildman–Crippen LogP) is 11.8. The van der Waals surface area contributed by atoms with Crippen molar-refractivity contribution in [2.75, 3.05) is 0 Å². The molecule has 0 saturated carbocycles. The molecule has 4 heteroatoms. The van der Waals surface area contributed by atoms with Gasteiger partial charge in [0.1, 0.15) is 6.10 Å². The molecule has 0 aromatic rings. The number of carbonyl (C=O) groups excluding carboxylic acids is 1. The van der Waals surface area contributed by atoms with Crippen molar-refractivity contribution in [2.45, 2.75) is 168 Å². The Morgan fingerprint density at radius 3 is 1.69 bits per heavy atom. The molecule has 0 rings (SSSR count). The van der Waals surface area contributed by atoms with E-state index in [1.165, 1.54) is 38.5 Å². The predicted molar refractivity (Wildman–Crippen MR) is 181 cm³/mol. The van der Waals surface area contributed by atoms with E-state index in [2.05, 4.69) is 74.6 Å². The van der Waals surface area contributed by atoms with Crippen LogP contribution in [0.15, 0.2) is 60.8 Å².